The molecule has 0 radical (unpaired) electrons. The summed E-state index contributed by atoms with van der Waals surface area (Å²) in [4.78, 5) is 27.5. The Morgan fingerprint density at radius 2 is 1.90 bits per heavy atom. The molecule has 31 heavy (non-hydrogen) atoms. The largest absolute Gasteiger partial charge is 0.469 e. The maximum atomic E-state index is 13.7. The predicted octanol–water partition coefficient (Wildman–Crippen LogP) is 3.75. The molecule has 1 aliphatic rings. The number of sulfonamides is 1. The third kappa shape index (κ3) is 3.83. The van der Waals surface area contributed by atoms with E-state index in [1.807, 2.05) is 0 Å². The molecule has 1 aliphatic carbocycles. The molecule has 0 unspecified atom stereocenters. The number of ketones is 1. The van der Waals surface area contributed by atoms with E-state index in [9.17, 15) is 18.0 Å². The number of nitrogens with zero attached hydrogens (tertiary/aromatic N) is 1. The lowest BCUT2D eigenvalue weighted by Crippen LogP contribution is -2.33. The van der Waals surface area contributed by atoms with Gasteiger partial charge in [0.2, 0.25) is 0 Å². The number of carbonyl (C=O) groups excluding carboxylic acids is 2. The predicted molar refractivity (Wildman–Crippen MR) is 118 cm³/mol. The first-order chi connectivity index (χ1) is 14.8. The minimum absolute atomic E-state index is 0.0454. The summed E-state index contributed by atoms with van der Waals surface area (Å²) in [5, 5.41) is 0.761. The lowest BCUT2D eigenvalue weighted by Gasteiger charge is -2.25. The molecule has 0 saturated heterocycles. The van der Waals surface area contributed by atoms with Gasteiger partial charge in [0.1, 0.15) is 0 Å². The number of nitrogens with one attached hydrogen (secondary N) is 1. The average molecular weight is 441 g/mol. The van der Waals surface area contributed by atoms with Gasteiger partial charge in [-0.05, 0) is 49.6 Å². The summed E-state index contributed by atoms with van der Waals surface area (Å²) < 4.78 is 33.3. The number of hydrogen-bond acceptors (Lipinski definition) is 5. The number of aromatic amines is 1. The number of H-pyrrole nitrogens is 1. The van der Waals surface area contributed by atoms with Crippen molar-refractivity contribution in [2.24, 2.45) is 0 Å². The van der Waals surface area contributed by atoms with Crippen molar-refractivity contribution in [2.75, 3.05) is 18.0 Å². The molecular formula is C23H24N2O5S. The van der Waals surface area contributed by atoms with Crippen molar-refractivity contribution < 1.29 is 22.7 Å². The number of rotatable bonds is 6. The SMILES string of the molecule is COC(=O)CCN(c1ccccc1)S(=O)(=O)c1cc2[nH]c3c(c2cc1C)C(=O)CCC3. The molecule has 0 amide bonds. The Hall–Kier alpha value is -3.13. The Kier molecular flexibility index (Phi) is 5.58. The molecule has 162 valence electrons. The van der Waals surface area contributed by atoms with Crippen molar-refractivity contribution >= 4 is 38.4 Å². The third-order valence-corrected chi connectivity index (χ3v) is 7.61. The molecule has 1 heterocycles. The number of aromatic nitrogens is 1. The summed E-state index contributed by atoms with van der Waals surface area (Å²) in [7, 11) is -2.70. The molecule has 0 fully saturated rings. The van der Waals surface area contributed by atoms with Crippen LogP contribution in [0.4, 0.5) is 5.69 Å². The van der Waals surface area contributed by atoms with Crippen LogP contribution in [0.2, 0.25) is 0 Å². The van der Waals surface area contributed by atoms with E-state index in [2.05, 4.69) is 4.98 Å². The normalized spacial score (nSPS) is 13.8. The van der Waals surface area contributed by atoms with Crippen molar-refractivity contribution in [2.45, 2.75) is 37.5 Å². The van der Waals surface area contributed by atoms with Gasteiger partial charge < -0.3 is 9.72 Å². The number of ether oxygens (including phenoxy) is 1. The molecule has 0 saturated carbocycles. The lowest BCUT2D eigenvalue weighted by molar-refractivity contribution is -0.140. The molecule has 2 aromatic carbocycles. The van der Waals surface area contributed by atoms with E-state index < -0.39 is 16.0 Å². The van der Waals surface area contributed by atoms with E-state index in [1.165, 1.54) is 11.4 Å². The highest BCUT2D eigenvalue weighted by Gasteiger charge is 2.29. The molecule has 3 aromatic rings. The number of methoxy groups -OCH3 is 1. The first-order valence-electron chi connectivity index (χ1n) is 10.2. The van der Waals surface area contributed by atoms with Crippen molar-refractivity contribution in [3.8, 4) is 0 Å². The highest BCUT2D eigenvalue weighted by molar-refractivity contribution is 7.92. The van der Waals surface area contributed by atoms with E-state index in [1.54, 1.807) is 49.4 Å². The van der Waals surface area contributed by atoms with Crippen molar-refractivity contribution in [1.82, 2.24) is 4.98 Å². The van der Waals surface area contributed by atoms with E-state index in [-0.39, 0.29) is 23.6 Å². The number of benzene rings is 2. The van der Waals surface area contributed by atoms with Crippen LogP contribution in [0, 0.1) is 6.92 Å². The Morgan fingerprint density at radius 1 is 1.16 bits per heavy atom. The van der Waals surface area contributed by atoms with Crippen LogP contribution in [0.3, 0.4) is 0 Å². The fraction of sp³-hybridized carbons (Fsp3) is 0.304. The first-order valence-corrected chi connectivity index (χ1v) is 11.6. The van der Waals surface area contributed by atoms with Gasteiger partial charge in [0.05, 0.1) is 24.1 Å². The summed E-state index contributed by atoms with van der Waals surface area (Å²) in [6.07, 6.45) is 2.00. The summed E-state index contributed by atoms with van der Waals surface area (Å²) in [5.74, 6) is -0.398. The second-order valence-corrected chi connectivity index (χ2v) is 9.49. The molecule has 0 bridgehead atoms. The molecule has 0 spiro atoms. The maximum Gasteiger partial charge on any atom is 0.307 e. The van der Waals surface area contributed by atoms with Gasteiger partial charge in [0, 0.05) is 35.1 Å². The van der Waals surface area contributed by atoms with Gasteiger partial charge in [-0.2, -0.15) is 0 Å². The van der Waals surface area contributed by atoms with Gasteiger partial charge in [0.25, 0.3) is 10.0 Å². The highest BCUT2D eigenvalue weighted by Crippen LogP contribution is 2.34. The molecule has 0 aliphatic heterocycles. The van der Waals surface area contributed by atoms with E-state index >= 15 is 0 Å². The number of aryl methyl sites for hydroxylation is 2. The fourth-order valence-electron chi connectivity index (χ4n) is 4.12. The molecule has 7 nitrogen and oxygen atoms in total. The van der Waals surface area contributed by atoms with Gasteiger partial charge in [0.15, 0.2) is 5.78 Å². The number of Topliss-reactive ketones (excluding diaryl/α,β-unsaturated/α-hetero) is 1. The second-order valence-electron chi connectivity index (χ2n) is 7.66. The summed E-state index contributed by atoms with van der Waals surface area (Å²) >= 11 is 0. The van der Waals surface area contributed by atoms with Crippen molar-refractivity contribution in [3.63, 3.8) is 0 Å². The molecule has 1 N–H and O–H groups in total. The Labute approximate surface area is 181 Å². The van der Waals surface area contributed by atoms with Crippen LogP contribution in [0.5, 0.6) is 0 Å². The maximum absolute atomic E-state index is 13.7. The van der Waals surface area contributed by atoms with Crippen LogP contribution < -0.4 is 4.31 Å². The number of fused-ring (bicyclic) bond motifs is 3. The van der Waals surface area contributed by atoms with E-state index in [0.717, 1.165) is 23.9 Å². The number of anilines is 1. The molecule has 1 aromatic heterocycles. The standard InChI is InChI=1S/C23H24N2O5S/c1-15-13-17-19(24-18-9-6-10-20(26)23(17)18)14-21(15)31(28,29)25(12-11-22(27)30-2)16-7-4-3-5-8-16/h3-5,7-8,13-14,24H,6,9-12H2,1-2H3. The minimum atomic E-state index is -3.97. The Bertz CT molecular complexity index is 1260. The lowest BCUT2D eigenvalue weighted by atomic mass is 9.94. The average Bonchev–Trinajstić information content (AvgIpc) is 3.12. The summed E-state index contributed by atoms with van der Waals surface area (Å²) in [6.45, 7) is 1.68. The van der Waals surface area contributed by atoms with Crippen LogP contribution in [0.25, 0.3) is 10.9 Å². The zero-order valence-corrected chi connectivity index (χ0v) is 18.3. The molecule has 4 rings (SSSR count). The van der Waals surface area contributed by atoms with Crippen LogP contribution in [0.15, 0.2) is 47.4 Å². The topological polar surface area (TPSA) is 96.5 Å². The number of esters is 1. The Balaban J connectivity index is 1.82. The van der Waals surface area contributed by atoms with Crippen LogP contribution >= 0.6 is 0 Å². The van der Waals surface area contributed by atoms with Gasteiger partial charge >= 0.3 is 5.97 Å². The van der Waals surface area contributed by atoms with Crippen LogP contribution in [0.1, 0.15) is 40.9 Å². The monoisotopic (exact) mass is 440 g/mol. The number of carbonyl (C=O) groups is 2. The molecule has 0 atom stereocenters. The second kappa shape index (κ2) is 8.19. The van der Waals surface area contributed by atoms with Gasteiger partial charge in [-0.1, -0.05) is 18.2 Å². The minimum Gasteiger partial charge on any atom is -0.469 e. The molecular weight excluding hydrogens is 416 g/mol. The first kappa shape index (κ1) is 21.1. The van der Waals surface area contributed by atoms with Crippen LogP contribution in [-0.2, 0) is 26.0 Å². The number of hydrogen-bond donors (Lipinski definition) is 1. The zero-order valence-electron chi connectivity index (χ0n) is 17.5. The highest BCUT2D eigenvalue weighted by atomic mass is 32.2. The summed E-state index contributed by atoms with van der Waals surface area (Å²) in [6, 6.07) is 12.0. The fourth-order valence-corrected chi connectivity index (χ4v) is 5.82. The Morgan fingerprint density at radius 3 is 2.61 bits per heavy atom. The zero-order chi connectivity index (χ0) is 22.2. The van der Waals surface area contributed by atoms with Crippen LogP contribution in [-0.4, -0.2) is 38.8 Å². The summed E-state index contributed by atoms with van der Waals surface area (Å²) in [5.41, 5.74) is 3.19. The third-order valence-electron chi connectivity index (χ3n) is 5.64. The molecule has 8 heteroatoms. The van der Waals surface area contributed by atoms with Gasteiger partial charge in [-0.15, -0.1) is 0 Å². The smallest absolute Gasteiger partial charge is 0.307 e. The van der Waals surface area contributed by atoms with Gasteiger partial charge in [-0.25, -0.2) is 8.42 Å². The quantitative estimate of drug-likeness (QED) is 0.589. The van der Waals surface area contributed by atoms with Crippen molar-refractivity contribution in [1.29, 1.82) is 0 Å². The van der Waals surface area contributed by atoms with E-state index in [0.29, 0.717) is 28.8 Å². The number of para-hydroxylation sites is 1. The van der Waals surface area contributed by atoms with Gasteiger partial charge in [-0.3, -0.25) is 13.9 Å². The van der Waals surface area contributed by atoms with E-state index in [4.69, 9.17) is 4.74 Å². The van der Waals surface area contributed by atoms with Crippen molar-refractivity contribution in [3.05, 3.63) is 59.3 Å².